The minimum atomic E-state index is -0.130. The maximum absolute atomic E-state index is 12.9. The van der Waals surface area contributed by atoms with E-state index in [0.717, 1.165) is 29.6 Å². The third kappa shape index (κ3) is 4.19. The molecule has 0 aliphatic carbocycles. The number of amides is 1. The Morgan fingerprint density at radius 2 is 1.97 bits per heavy atom. The molecule has 3 aromatic rings. The number of methoxy groups -OCH3 is 2. The average molecular weight is 414 g/mol. The molecule has 8 nitrogen and oxygen atoms in total. The normalized spacial score (nSPS) is 16.5. The lowest BCUT2D eigenvalue weighted by atomic mass is 9.97. The number of hydrogen-bond donors (Lipinski definition) is 1. The lowest BCUT2D eigenvalue weighted by Crippen LogP contribution is -2.40. The van der Waals surface area contributed by atoms with E-state index in [1.807, 2.05) is 29.1 Å². The molecule has 3 heterocycles. The zero-order valence-electron chi connectivity index (χ0n) is 16.4. The highest BCUT2D eigenvalue weighted by Gasteiger charge is 2.28. The van der Waals surface area contributed by atoms with Gasteiger partial charge in [-0.05, 0) is 37.1 Å². The molecular weight excluding hydrogens is 390 g/mol. The van der Waals surface area contributed by atoms with Crippen LogP contribution in [0.5, 0.6) is 11.5 Å². The number of piperidine rings is 1. The maximum Gasteiger partial charge on any atom is 0.229 e. The highest BCUT2D eigenvalue weighted by Crippen LogP contribution is 2.31. The predicted molar refractivity (Wildman–Crippen MR) is 112 cm³/mol. The molecule has 1 atom stereocenters. The molecule has 9 heteroatoms. The Kier molecular flexibility index (Phi) is 5.66. The van der Waals surface area contributed by atoms with Gasteiger partial charge in [0, 0.05) is 31.5 Å². The average Bonchev–Trinajstić information content (AvgIpc) is 3.46. The van der Waals surface area contributed by atoms with E-state index in [9.17, 15) is 4.79 Å². The number of aromatic nitrogens is 3. The number of carbonyl (C=O) groups is 1. The van der Waals surface area contributed by atoms with E-state index in [0.29, 0.717) is 23.7 Å². The third-order valence-corrected chi connectivity index (χ3v) is 5.96. The van der Waals surface area contributed by atoms with Gasteiger partial charge in [0.05, 0.1) is 25.8 Å². The van der Waals surface area contributed by atoms with Crippen LogP contribution in [0.15, 0.2) is 42.7 Å². The van der Waals surface area contributed by atoms with Crippen LogP contribution >= 0.6 is 11.3 Å². The summed E-state index contributed by atoms with van der Waals surface area (Å²) in [5, 5.41) is 13.3. The van der Waals surface area contributed by atoms with Crippen molar-refractivity contribution in [2.45, 2.75) is 12.8 Å². The first-order chi connectivity index (χ1) is 14.2. The number of hydrogen-bond acceptors (Lipinski definition) is 7. The summed E-state index contributed by atoms with van der Waals surface area (Å²) in [5.74, 6) is 1.10. The summed E-state index contributed by atoms with van der Waals surface area (Å²) >= 11 is 1.53. The van der Waals surface area contributed by atoms with Crippen LogP contribution in [0.25, 0.3) is 5.13 Å². The molecule has 1 aliphatic rings. The quantitative estimate of drug-likeness (QED) is 0.668. The summed E-state index contributed by atoms with van der Waals surface area (Å²) in [6.45, 7) is 1.49. The number of anilines is 2. The smallest absolute Gasteiger partial charge is 0.229 e. The lowest BCUT2D eigenvalue weighted by Gasteiger charge is -2.31. The van der Waals surface area contributed by atoms with Gasteiger partial charge in [0.15, 0.2) is 0 Å². The zero-order chi connectivity index (χ0) is 20.2. The Morgan fingerprint density at radius 1 is 1.17 bits per heavy atom. The first kappa shape index (κ1) is 19.3. The highest BCUT2D eigenvalue weighted by molar-refractivity contribution is 7.17. The fourth-order valence-electron chi connectivity index (χ4n) is 3.40. The van der Waals surface area contributed by atoms with Crippen LogP contribution in [0.4, 0.5) is 10.8 Å². The van der Waals surface area contributed by atoms with Crippen LogP contribution in [0.2, 0.25) is 0 Å². The number of ether oxygens (including phenoxy) is 2. The molecule has 1 saturated heterocycles. The van der Waals surface area contributed by atoms with Crippen LogP contribution in [-0.2, 0) is 4.79 Å². The summed E-state index contributed by atoms with van der Waals surface area (Å²) in [7, 11) is 3.17. The molecule has 0 saturated carbocycles. The summed E-state index contributed by atoms with van der Waals surface area (Å²) in [5.41, 5.74) is 0.640. The molecule has 1 aliphatic heterocycles. The SMILES string of the molecule is COc1ccc(NC(=O)C2CCCN(c3nnc(-n4cccc4)s3)C2)c(OC)c1. The minimum Gasteiger partial charge on any atom is -0.497 e. The van der Waals surface area contributed by atoms with Gasteiger partial charge in [-0.3, -0.25) is 9.36 Å². The van der Waals surface area contributed by atoms with Crippen molar-refractivity contribution in [2.75, 3.05) is 37.5 Å². The Balaban J connectivity index is 1.44. The summed E-state index contributed by atoms with van der Waals surface area (Å²) in [6, 6.07) is 9.26. The standard InChI is InChI=1S/C20H23N5O3S/c1-27-15-7-8-16(17(12-15)28-2)21-18(26)14-6-5-11-25(13-14)20-23-22-19(29-20)24-9-3-4-10-24/h3-4,7-10,12,14H,5-6,11,13H2,1-2H3,(H,21,26). The van der Waals surface area contributed by atoms with Gasteiger partial charge in [-0.1, -0.05) is 11.3 Å². The molecule has 4 rings (SSSR count). The van der Waals surface area contributed by atoms with Gasteiger partial charge in [-0.25, -0.2) is 0 Å². The summed E-state index contributed by atoms with van der Waals surface area (Å²) < 4.78 is 12.5. The van der Waals surface area contributed by atoms with E-state index in [4.69, 9.17) is 9.47 Å². The Labute approximate surface area is 173 Å². The first-order valence-electron chi connectivity index (χ1n) is 9.42. The van der Waals surface area contributed by atoms with Crippen molar-refractivity contribution in [3.63, 3.8) is 0 Å². The molecule has 29 heavy (non-hydrogen) atoms. The molecule has 1 N–H and O–H groups in total. The van der Waals surface area contributed by atoms with E-state index < -0.39 is 0 Å². The zero-order valence-corrected chi connectivity index (χ0v) is 17.2. The maximum atomic E-state index is 12.9. The van der Waals surface area contributed by atoms with E-state index in [1.54, 1.807) is 32.4 Å². The number of benzene rings is 1. The van der Waals surface area contributed by atoms with E-state index >= 15 is 0 Å². The summed E-state index contributed by atoms with van der Waals surface area (Å²) in [6.07, 6.45) is 5.65. The van der Waals surface area contributed by atoms with Gasteiger partial charge < -0.3 is 19.7 Å². The Hall–Kier alpha value is -3.07. The topological polar surface area (TPSA) is 81.5 Å². The fourth-order valence-corrected chi connectivity index (χ4v) is 4.25. The largest absolute Gasteiger partial charge is 0.497 e. The van der Waals surface area contributed by atoms with Gasteiger partial charge in [-0.2, -0.15) is 0 Å². The first-order valence-corrected chi connectivity index (χ1v) is 10.2. The van der Waals surface area contributed by atoms with Crippen molar-refractivity contribution in [1.29, 1.82) is 0 Å². The number of nitrogens with one attached hydrogen (secondary N) is 1. The molecule has 1 fully saturated rings. The number of carbonyl (C=O) groups excluding carboxylic acids is 1. The summed E-state index contributed by atoms with van der Waals surface area (Å²) in [4.78, 5) is 15.0. The second kappa shape index (κ2) is 8.52. The van der Waals surface area contributed by atoms with Crippen molar-refractivity contribution in [3.05, 3.63) is 42.7 Å². The van der Waals surface area contributed by atoms with Crippen molar-refractivity contribution in [3.8, 4) is 16.6 Å². The molecule has 0 bridgehead atoms. The third-order valence-electron chi connectivity index (χ3n) is 4.96. The number of rotatable bonds is 6. The van der Waals surface area contributed by atoms with Crippen molar-refractivity contribution in [2.24, 2.45) is 5.92 Å². The van der Waals surface area contributed by atoms with E-state index in [2.05, 4.69) is 20.4 Å². The molecule has 152 valence electrons. The highest BCUT2D eigenvalue weighted by atomic mass is 32.1. The van der Waals surface area contributed by atoms with Crippen molar-refractivity contribution < 1.29 is 14.3 Å². The van der Waals surface area contributed by atoms with Crippen LogP contribution < -0.4 is 19.7 Å². The second-order valence-corrected chi connectivity index (χ2v) is 7.73. The van der Waals surface area contributed by atoms with Crippen molar-refractivity contribution >= 4 is 28.1 Å². The molecule has 2 aromatic heterocycles. The van der Waals surface area contributed by atoms with E-state index in [-0.39, 0.29) is 11.8 Å². The molecule has 0 radical (unpaired) electrons. The lowest BCUT2D eigenvalue weighted by molar-refractivity contribution is -0.120. The van der Waals surface area contributed by atoms with Crippen LogP contribution in [0, 0.1) is 5.92 Å². The van der Waals surface area contributed by atoms with Crippen LogP contribution in [-0.4, -0.2) is 48.0 Å². The van der Waals surface area contributed by atoms with Crippen LogP contribution in [0.1, 0.15) is 12.8 Å². The molecule has 0 spiro atoms. The number of nitrogens with zero attached hydrogens (tertiary/aromatic N) is 4. The second-order valence-electron chi connectivity index (χ2n) is 6.80. The van der Waals surface area contributed by atoms with Gasteiger partial charge >= 0.3 is 0 Å². The van der Waals surface area contributed by atoms with Crippen LogP contribution in [0.3, 0.4) is 0 Å². The van der Waals surface area contributed by atoms with Gasteiger partial charge in [0.2, 0.25) is 16.2 Å². The molecule has 1 aromatic carbocycles. The molecule has 1 amide bonds. The molecule has 1 unspecified atom stereocenters. The monoisotopic (exact) mass is 413 g/mol. The van der Waals surface area contributed by atoms with Gasteiger partial charge in [0.25, 0.3) is 0 Å². The van der Waals surface area contributed by atoms with Gasteiger partial charge in [0.1, 0.15) is 11.5 Å². The Morgan fingerprint density at radius 3 is 2.72 bits per heavy atom. The van der Waals surface area contributed by atoms with Crippen molar-refractivity contribution in [1.82, 2.24) is 14.8 Å². The fraction of sp³-hybridized carbons (Fsp3) is 0.350. The van der Waals surface area contributed by atoms with Gasteiger partial charge in [-0.15, -0.1) is 10.2 Å². The Bertz CT molecular complexity index is 972. The predicted octanol–water partition coefficient (Wildman–Crippen LogP) is 3.20. The molecular formula is C20H23N5O3S. The van der Waals surface area contributed by atoms with E-state index in [1.165, 1.54) is 11.3 Å². The minimum absolute atomic E-state index is 0.0201.